The van der Waals surface area contributed by atoms with E-state index < -0.39 is 23.8 Å². The zero-order valence-electron chi connectivity index (χ0n) is 16.2. The highest BCUT2D eigenvalue weighted by atomic mass is 16.6. The molecular formula is C19H28N2O6. The minimum atomic E-state index is -1.63. The molecule has 1 amide bonds. The van der Waals surface area contributed by atoms with Crippen molar-refractivity contribution in [1.82, 2.24) is 4.90 Å². The van der Waals surface area contributed by atoms with Gasteiger partial charge in [-0.3, -0.25) is 0 Å². The van der Waals surface area contributed by atoms with Crippen molar-refractivity contribution in [2.75, 3.05) is 38.2 Å². The molecule has 1 heterocycles. The molecule has 0 aromatic heterocycles. The van der Waals surface area contributed by atoms with E-state index in [0.29, 0.717) is 31.7 Å². The van der Waals surface area contributed by atoms with E-state index in [4.69, 9.17) is 4.74 Å². The maximum Gasteiger partial charge on any atom is 0.410 e. The number of aliphatic hydroxyl groups excluding tert-OH is 2. The molecule has 1 fully saturated rings. The van der Waals surface area contributed by atoms with Crippen molar-refractivity contribution >= 4 is 17.7 Å². The minimum absolute atomic E-state index is 0.308. The molecule has 8 nitrogen and oxygen atoms in total. The molecule has 27 heavy (non-hydrogen) atoms. The highest BCUT2D eigenvalue weighted by Crippen LogP contribution is 2.23. The number of aliphatic hydroxyl groups is 2. The molecule has 0 spiro atoms. The van der Waals surface area contributed by atoms with Gasteiger partial charge in [0, 0.05) is 31.9 Å². The van der Waals surface area contributed by atoms with Crippen LogP contribution < -0.4 is 4.90 Å². The number of nitrogens with zero attached hydrogens (tertiary/aromatic N) is 2. The number of piperazine rings is 1. The Kier molecular flexibility index (Phi) is 6.67. The number of ether oxygens (including phenoxy) is 2. The van der Waals surface area contributed by atoms with Crippen LogP contribution in [0.3, 0.4) is 0 Å². The van der Waals surface area contributed by atoms with Crippen LogP contribution in [0.4, 0.5) is 10.5 Å². The molecule has 0 saturated carbocycles. The van der Waals surface area contributed by atoms with Crippen molar-refractivity contribution in [2.45, 2.75) is 38.6 Å². The second kappa shape index (κ2) is 8.58. The Bertz CT molecular complexity index is 647. The number of hydrogen-bond donors (Lipinski definition) is 2. The number of amides is 1. The normalized spacial score (nSPS) is 17.3. The number of methoxy groups -OCH3 is 1. The first-order valence-electron chi connectivity index (χ1n) is 8.89. The van der Waals surface area contributed by atoms with Gasteiger partial charge in [0.1, 0.15) is 11.7 Å². The molecule has 1 aromatic carbocycles. The van der Waals surface area contributed by atoms with Crippen LogP contribution in [-0.2, 0) is 14.3 Å². The molecule has 150 valence electrons. The molecule has 1 aromatic rings. The van der Waals surface area contributed by atoms with Crippen LogP contribution in [0.2, 0.25) is 0 Å². The Balaban J connectivity index is 1.93. The Morgan fingerprint density at radius 1 is 1.04 bits per heavy atom. The van der Waals surface area contributed by atoms with Gasteiger partial charge in [0.15, 0.2) is 6.10 Å². The van der Waals surface area contributed by atoms with Crippen LogP contribution >= 0.6 is 0 Å². The molecule has 0 bridgehead atoms. The van der Waals surface area contributed by atoms with Crippen LogP contribution in [-0.4, -0.2) is 72.2 Å². The van der Waals surface area contributed by atoms with Crippen LogP contribution in [0.5, 0.6) is 0 Å². The summed E-state index contributed by atoms with van der Waals surface area (Å²) in [6, 6.07) is 6.94. The predicted octanol–water partition coefficient (Wildman–Crippen LogP) is 1.31. The van der Waals surface area contributed by atoms with Crippen molar-refractivity contribution in [3.8, 4) is 0 Å². The fourth-order valence-corrected chi connectivity index (χ4v) is 2.79. The number of carbonyl (C=O) groups excluding carboxylic acids is 2. The number of hydrogen-bond acceptors (Lipinski definition) is 7. The third-order valence-corrected chi connectivity index (χ3v) is 4.27. The van der Waals surface area contributed by atoms with E-state index in [9.17, 15) is 19.8 Å². The number of carbonyl (C=O) groups is 2. The molecular weight excluding hydrogens is 352 g/mol. The summed E-state index contributed by atoms with van der Waals surface area (Å²) in [4.78, 5) is 27.3. The second-order valence-electron chi connectivity index (χ2n) is 7.46. The lowest BCUT2D eigenvalue weighted by Crippen LogP contribution is -2.50. The second-order valence-corrected chi connectivity index (χ2v) is 7.46. The summed E-state index contributed by atoms with van der Waals surface area (Å²) in [5, 5.41) is 19.8. The average Bonchev–Trinajstić information content (AvgIpc) is 2.65. The monoisotopic (exact) mass is 380 g/mol. The van der Waals surface area contributed by atoms with Crippen LogP contribution in [0.1, 0.15) is 32.4 Å². The van der Waals surface area contributed by atoms with Gasteiger partial charge in [-0.05, 0) is 38.5 Å². The highest BCUT2D eigenvalue weighted by molar-refractivity contribution is 5.75. The smallest absolute Gasteiger partial charge is 0.410 e. The fourth-order valence-electron chi connectivity index (χ4n) is 2.79. The predicted molar refractivity (Wildman–Crippen MR) is 99.4 cm³/mol. The van der Waals surface area contributed by atoms with Gasteiger partial charge < -0.3 is 29.5 Å². The molecule has 2 atom stereocenters. The van der Waals surface area contributed by atoms with Crippen molar-refractivity contribution in [2.24, 2.45) is 0 Å². The first-order chi connectivity index (χ1) is 12.6. The molecule has 8 heteroatoms. The van der Waals surface area contributed by atoms with Gasteiger partial charge in [0.25, 0.3) is 0 Å². The largest absolute Gasteiger partial charge is 0.467 e. The van der Waals surface area contributed by atoms with Gasteiger partial charge in [0.05, 0.1) is 7.11 Å². The van der Waals surface area contributed by atoms with Gasteiger partial charge in [-0.1, -0.05) is 12.1 Å². The summed E-state index contributed by atoms with van der Waals surface area (Å²) in [6.45, 7) is 7.95. The van der Waals surface area contributed by atoms with Gasteiger partial charge in [-0.15, -0.1) is 0 Å². The number of benzene rings is 1. The van der Waals surface area contributed by atoms with E-state index in [1.54, 1.807) is 17.0 Å². The number of esters is 1. The summed E-state index contributed by atoms with van der Waals surface area (Å²) < 4.78 is 9.82. The van der Waals surface area contributed by atoms with Crippen LogP contribution in [0, 0.1) is 0 Å². The minimum Gasteiger partial charge on any atom is -0.467 e. The third kappa shape index (κ3) is 5.58. The van der Waals surface area contributed by atoms with Gasteiger partial charge in [-0.2, -0.15) is 0 Å². The zero-order valence-corrected chi connectivity index (χ0v) is 16.2. The standard InChI is InChI=1S/C19H28N2O6/c1-19(2,3)27-18(25)21-11-9-20(10-12-21)14-7-5-13(6-8-14)15(22)16(23)17(24)26-4/h5-8,15-16,22-23H,9-12H2,1-4H3. The lowest BCUT2D eigenvalue weighted by atomic mass is 10.0. The Labute approximate surface area is 159 Å². The van der Waals surface area contributed by atoms with Gasteiger partial charge >= 0.3 is 12.1 Å². The zero-order chi connectivity index (χ0) is 20.2. The molecule has 2 unspecified atom stereocenters. The van der Waals surface area contributed by atoms with E-state index in [1.807, 2.05) is 32.9 Å². The average molecular weight is 380 g/mol. The Hall–Kier alpha value is -2.32. The molecule has 1 aliphatic heterocycles. The fraction of sp³-hybridized carbons (Fsp3) is 0.579. The van der Waals surface area contributed by atoms with E-state index in [2.05, 4.69) is 9.64 Å². The lowest BCUT2D eigenvalue weighted by molar-refractivity contribution is -0.156. The van der Waals surface area contributed by atoms with E-state index in [-0.39, 0.29) is 6.09 Å². The Morgan fingerprint density at radius 3 is 2.07 bits per heavy atom. The molecule has 0 radical (unpaired) electrons. The first-order valence-corrected chi connectivity index (χ1v) is 8.89. The van der Waals surface area contributed by atoms with Crippen molar-refractivity contribution in [3.05, 3.63) is 29.8 Å². The topological polar surface area (TPSA) is 99.5 Å². The Morgan fingerprint density at radius 2 is 1.59 bits per heavy atom. The summed E-state index contributed by atoms with van der Waals surface area (Å²) in [5.41, 5.74) is 0.839. The molecule has 0 aliphatic carbocycles. The lowest BCUT2D eigenvalue weighted by Gasteiger charge is -2.36. The summed E-state index contributed by atoms with van der Waals surface area (Å²) in [5.74, 6) is -0.884. The third-order valence-electron chi connectivity index (χ3n) is 4.27. The maximum absolute atomic E-state index is 12.1. The number of anilines is 1. The first kappa shape index (κ1) is 21.0. The molecule has 1 saturated heterocycles. The molecule has 2 N–H and O–H groups in total. The summed E-state index contributed by atoms with van der Waals surface area (Å²) in [7, 11) is 1.15. The summed E-state index contributed by atoms with van der Waals surface area (Å²) >= 11 is 0. The number of rotatable bonds is 4. The summed E-state index contributed by atoms with van der Waals surface area (Å²) in [6.07, 6.45) is -3.29. The van der Waals surface area contributed by atoms with Crippen molar-refractivity contribution in [3.63, 3.8) is 0 Å². The van der Waals surface area contributed by atoms with Crippen LogP contribution in [0.15, 0.2) is 24.3 Å². The van der Waals surface area contributed by atoms with Crippen molar-refractivity contribution < 1.29 is 29.3 Å². The molecule has 1 aliphatic rings. The highest BCUT2D eigenvalue weighted by Gasteiger charge is 2.28. The van der Waals surface area contributed by atoms with E-state index in [0.717, 1.165) is 12.8 Å². The van der Waals surface area contributed by atoms with E-state index in [1.165, 1.54) is 0 Å². The quantitative estimate of drug-likeness (QED) is 0.760. The SMILES string of the molecule is COC(=O)C(O)C(O)c1ccc(N2CCN(C(=O)OC(C)(C)C)CC2)cc1. The van der Waals surface area contributed by atoms with Crippen molar-refractivity contribution in [1.29, 1.82) is 0 Å². The van der Waals surface area contributed by atoms with Gasteiger partial charge in [0.2, 0.25) is 0 Å². The molecule has 2 rings (SSSR count). The van der Waals surface area contributed by atoms with E-state index >= 15 is 0 Å². The van der Waals surface area contributed by atoms with Crippen LogP contribution in [0.25, 0.3) is 0 Å². The maximum atomic E-state index is 12.1. The van der Waals surface area contributed by atoms with Gasteiger partial charge in [-0.25, -0.2) is 9.59 Å².